The summed E-state index contributed by atoms with van der Waals surface area (Å²) in [7, 11) is 0. The molecule has 3 rings (SSSR count). The molecule has 1 aromatic heterocycles. The molecule has 7 heteroatoms. The summed E-state index contributed by atoms with van der Waals surface area (Å²) in [5, 5.41) is 0.869. The number of amides is 2. The van der Waals surface area contributed by atoms with Crippen LogP contribution in [0.4, 0.5) is 10.1 Å². The quantitative estimate of drug-likeness (QED) is 0.683. The molecule has 5 nitrogen and oxygen atoms in total. The van der Waals surface area contributed by atoms with E-state index in [-0.39, 0.29) is 16.3 Å². The lowest BCUT2D eigenvalue weighted by atomic mass is 10.2. The zero-order valence-corrected chi connectivity index (χ0v) is 12.1. The van der Waals surface area contributed by atoms with Gasteiger partial charge >= 0.3 is 0 Å². The Bertz CT molecular complexity index is 813. The maximum atomic E-state index is 13.2. The Labute approximate surface area is 129 Å². The number of nitrogens with zero attached hydrogens (tertiary/aromatic N) is 1. The standard InChI is InChI=1S/C15H10ClFN2O3/c1-8-2-4-10(22-8)7-11-14(20)18-19(15(11)21)9-3-5-13(17)12(16)6-9/h2-7H,1H3,(H,18,20)/b11-7+. The highest BCUT2D eigenvalue weighted by atomic mass is 35.5. The second kappa shape index (κ2) is 5.31. The molecule has 0 atom stereocenters. The van der Waals surface area contributed by atoms with Crippen LogP contribution in [0.5, 0.6) is 0 Å². The first-order valence-corrected chi connectivity index (χ1v) is 6.72. The third kappa shape index (κ3) is 2.48. The van der Waals surface area contributed by atoms with E-state index in [1.807, 2.05) is 0 Å². The lowest BCUT2D eigenvalue weighted by molar-refractivity contribution is -0.117. The third-order valence-electron chi connectivity index (χ3n) is 3.10. The number of benzene rings is 1. The van der Waals surface area contributed by atoms with Crippen LogP contribution in [0.2, 0.25) is 5.02 Å². The van der Waals surface area contributed by atoms with Gasteiger partial charge in [-0.25, -0.2) is 9.40 Å². The molecule has 2 amide bonds. The minimum Gasteiger partial charge on any atom is -0.462 e. The molecular weight excluding hydrogens is 311 g/mol. The number of halogens is 2. The number of anilines is 1. The molecule has 2 heterocycles. The summed E-state index contributed by atoms with van der Waals surface area (Å²) in [6, 6.07) is 7.10. The molecule has 22 heavy (non-hydrogen) atoms. The molecule has 2 aromatic rings. The first-order chi connectivity index (χ1) is 10.5. The minimum absolute atomic E-state index is 0.0743. The number of aryl methyl sites for hydroxylation is 1. The lowest BCUT2D eigenvalue weighted by Gasteiger charge is -2.14. The van der Waals surface area contributed by atoms with Gasteiger partial charge < -0.3 is 4.42 Å². The highest BCUT2D eigenvalue weighted by molar-refractivity contribution is 6.33. The average molecular weight is 321 g/mol. The van der Waals surface area contributed by atoms with Gasteiger partial charge in [0.2, 0.25) is 0 Å². The van der Waals surface area contributed by atoms with Crippen molar-refractivity contribution in [3.63, 3.8) is 0 Å². The molecule has 1 aliphatic rings. The van der Waals surface area contributed by atoms with E-state index in [1.54, 1.807) is 19.1 Å². The number of rotatable bonds is 2. The second-order valence-electron chi connectivity index (χ2n) is 4.69. The monoisotopic (exact) mass is 320 g/mol. The Balaban J connectivity index is 1.94. The van der Waals surface area contributed by atoms with Crippen LogP contribution in [0.1, 0.15) is 11.5 Å². The fourth-order valence-electron chi connectivity index (χ4n) is 2.04. The van der Waals surface area contributed by atoms with Crippen molar-refractivity contribution in [2.45, 2.75) is 6.92 Å². The highest BCUT2D eigenvalue weighted by Crippen LogP contribution is 2.26. The highest BCUT2D eigenvalue weighted by Gasteiger charge is 2.35. The van der Waals surface area contributed by atoms with E-state index in [2.05, 4.69) is 5.43 Å². The van der Waals surface area contributed by atoms with Crippen molar-refractivity contribution < 1.29 is 18.4 Å². The van der Waals surface area contributed by atoms with Gasteiger partial charge in [-0.05, 0) is 43.3 Å². The molecule has 0 bridgehead atoms. The van der Waals surface area contributed by atoms with E-state index in [0.29, 0.717) is 11.5 Å². The first-order valence-electron chi connectivity index (χ1n) is 6.34. The van der Waals surface area contributed by atoms with Crippen molar-refractivity contribution in [1.29, 1.82) is 0 Å². The van der Waals surface area contributed by atoms with Crippen molar-refractivity contribution in [3.8, 4) is 0 Å². The van der Waals surface area contributed by atoms with Crippen LogP contribution in [-0.2, 0) is 9.59 Å². The van der Waals surface area contributed by atoms with E-state index in [4.69, 9.17) is 16.0 Å². The molecule has 1 aliphatic heterocycles. The molecular formula is C15H10ClFN2O3. The Morgan fingerprint density at radius 2 is 2.05 bits per heavy atom. The molecule has 0 saturated carbocycles. The fraction of sp³-hybridized carbons (Fsp3) is 0.0667. The summed E-state index contributed by atoms with van der Waals surface area (Å²) >= 11 is 5.69. The van der Waals surface area contributed by atoms with Gasteiger partial charge in [-0.15, -0.1) is 0 Å². The molecule has 0 unspecified atom stereocenters. The third-order valence-corrected chi connectivity index (χ3v) is 3.39. The lowest BCUT2D eigenvalue weighted by Crippen LogP contribution is -2.35. The molecule has 1 fully saturated rings. The first kappa shape index (κ1) is 14.3. The van der Waals surface area contributed by atoms with Gasteiger partial charge in [0.05, 0.1) is 10.7 Å². The summed E-state index contributed by atoms with van der Waals surface area (Å²) in [5.41, 5.74) is 2.59. The normalized spacial score (nSPS) is 16.5. The van der Waals surface area contributed by atoms with E-state index in [1.165, 1.54) is 18.2 Å². The smallest absolute Gasteiger partial charge is 0.282 e. The van der Waals surface area contributed by atoms with Crippen LogP contribution in [0, 0.1) is 12.7 Å². The number of hydrogen-bond donors (Lipinski definition) is 1. The molecule has 1 saturated heterocycles. The number of furan rings is 1. The average Bonchev–Trinajstić information content (AvgIpc) is 3.00. The van der Waals surface area contributed by atoms with Crippen LogP contribution in [-0.4, -0.2) is 11.8 Å². The topological polar surface area (TPSA) is 62.6 Å². The van der Waals surface area contributed by atoms with Crippen LogP contribution in [0.15, 0.2) is 40.3 Å². The maximum absolute atomic E-state index is 13.2. The van der Waals surface area contributed by atoms with Crippen LogP contribution >= 0.6 is 11.6 Å². The summed E-state index contributed by atoms with van der Waals surface area (Å²) in [4.78, 5) is 24.3. The van der Waals surface area contributed by atoms with Crippen LogP contribution in [0.3, 0.4) is 0 Å². The number of carbonyl (C=O) groups excluding carboxylic acids is 2. The Morgan fingerprint density at radius 1 is 1.27 bits per heavy atom. The molecule has 1 aromatic carbocycles. The number of carbonyl (C=O) groups is 2. The van der Waals surface area contributed by atoms with Gasteiger partial charge in [-0.1, -0.05) is 11.6 Å². The van der Waals surface area contributed by atoms with Crippen molar-refractivity contribution >= 4 is 35.2 Å². The predicted molar refractivity (Wildman–Crippen MR) is 78.5 cm³/mol. The SMILES string of the molecule is Cc1ccc(/C=C2\C(=O)NN(c3ccc(F)c(Cl)c3)C2=O)o1. The van der Waals surface area contributed by atoms with Crippen molar-refractivity contribution in [1.82, 2.24) is 5.43 Å². The van der Waals surface area contributed by atoms with E-state index in [9.17, 15) is 14.0 Å². The predicted octanol–water partition coefficient (Wildman–Crippen LogP) is 2.84. The molecule has 0 spiro atoms. The van der Waals surface area contributed by atoms with Crippen molar-refractivity contribution in [2.75, 3.05) is 5.01 Å². The van der Waals surface area contributed by atoms with Gasteiger partial charge in [0.15, 0.2) is 0 Å². The van der Waals surface area contributed by atoms with Gasteiger partial charge in [-0.2, -0.15) is 0 Å². The van der Waals surface area contributed by atoms with Gasteiger partial charge in [0.25, 0.3) is 11.8 Å². The Kier molecular flexibility index (Phi) is 3.46. The number of nitrogens with one attached hydrogen (secondary N) is 1. The minimum atomic E-state index is -0.606. The molecule has 0 aliphatic carbocycles. The summed E-state index contributed by atoms with van der Waals surface area (Å²) in [6.07, 6.45) is 1.36. The molecule has 112 valence electrons. The largest absolute Gasteiger partial charge is 0.462 e. The number of hydrazine groups is 1. The number of hydrogen-bond acceptors (Lipinski definition) is 3. The van der Waals surface area contributed by atoms with Crippen molar-refractivity contribution in [2.24, 2.45) is 0 Å². The molecule has 1 N–H and O–H groups in total. The van der Waals surface area contributed by atoms with Gasteiger partial charge in [-0.3, -0.25) is 15.0 Å². The summed E-state index contributed by atoms with van der Waals surface area (Å²) in [6.45, 7) is 1.76. The zero-order valence-electron chi connectivity index (χ0n) is 11.4. The van der Waals surface area contributed by atoms with Crippen molar-refractivity contribution in [3.05, 3.63) is 58.3 Å². The van der Waals surface area contributed by atoms with Crippen LogP contribution < -0.4 is 10.4 Å². The Hall–Kier alpha value is -2.60. The van der Waals surface area contributed by atoms with E-state index < -0.39 is 17.6 Å². The summed E-state index contributed by atoms with van der Waals surface area (Å²) in [5.74, 6) is -0.679. The Morgan fingerprint density at radius 3 is 2.68 bits per heavy atom. The van der Waals surface area contributed by atoms with Gasteiger partial charge in [0, 0.05) is 0 Å². The molecule has 0 radical (unpaired) electrons. The fourth-order valence-corrected chi connectivity index (χ4v) is 2.21. The van der Waals surface area contributed by atoms with E-state index in [0.717, 1.165) is 11.1 Å². The summed E-state index contributed by atoms with van der Waals surface area (Å²) < 4.78 is 18.5. The van der Waals surface area contributed by atoms with E-state index >= 15 is 0 Å². The zero-order chi connectivity index (χ0) is 15.9. The van der Waals surface area contributed by atoms with Gasteiger partial charge in [0.1, 0.15) is 22.9 Å². The van der Waals surface area contributed by atoms with Crippen LogP contribution in [0.25, 0.3) is 6.08 Å². The maximum Gasteiger partial charge on any atom is 0.282 e. The second-order valence-corrected chi connectivity index (χ2v) is 5.09.